The fourth-order valence-corrected chi connectivity index (χ4v) is 5.09. The molecule has 3 aromatic rings. The first-order chi connectivity index (χ1) is 20.4. The van der Waals surface area contributed by atoms with E-state index in [2.05, 4.69) is 32.7 Å². The van der Waals surface area contributed by atoms with Crippen LogP contribution in [0.4, 0.5) is 20.4 Å². The smallest absolute Gasteiger partial charge is 0.271 e. The van der Waals surface area contributed by atoms with E-state index in [-0.39, 0.29) is 12.4 Å². The van der Waals surface area contributed by atoms with E-state index in [0.29, 0.717) is 30.9 Å². The van der Waals surface area contributed by atoms with Gasteiger partial charge in [0.1, 0.15) is 24.7 Å². The van der Waals surface area contributed by atoms with E-state index in [1.54, 1.807) is 6.20 Å². The van der Waals surface area contributed by atoms with Gasteiger partial charge in [0, 0.05) is 31.7 Å². The molecule has 0 amide bonds. The number of ether oxygens (including phenoxy) is 1. The monoisotopic (exact) mass is 583 g/mol. The average Bonchev–Trinajstić information content (AvgIpc) is 2.99. The Balaban J connectivity index is 1.35. The van der Waals surface area contributed by atoms with E-state index in [0.717, 1.165) is 67.0 Å². The van der Waals surface area contributed by atoms with Gasteiger partial charge in [-0.1, -0.05) is 41.1 Å². The van der Waals surface area contributed by atoms with Crippen LogP contribution in [0.3, 0.4) is 0 Å². The minimum absolute atomic E-state index is 0.0770. The fraction of sp³-hybridized carbons (Fsp3) is 0.484. The quantitative estimate of drug-likeness (QED) is 0.122. The lowest BCUT2D eigenvalue weighted by Gasteiger charge is -2.24. The summed E-state index contributed by atoms with van der Waals surface area (Å²) in [6.07, 6.45) is 5.71. The molecule has 3 N–H and O–H groups in total. The van der Waals surface area contributed by atoms with Gasteiger partial charge >= 0.3 is 0 Å². The van der Waals surface area contributed by atoms with Crippen molar-refractivity contribution in [3.8, 4) is 11.1 Å². The minimum atomic E-state index is -2.51. The maximum atomic E-state index is 12.7. The summed E-state index contributed by atoms with van der Waals surface area (Å²) in [6.45, 7) is 3.81. The largest absolute Gasteiger partial charge is 0.374 e. The molecule has 0 aliphatic carbocycles. The molecule has 3 heterocycles. The molecule has 0 radical (unpaired) electrons. The Morgan fingerprint density at radius 1 is 1.17 bits per heavy atom. The number of pyridine rings is 1. The topological polar surface area (TPSA) is 103 Å². The van der Waals surface area contributed by atoms with Crippen LogP contribution in [0.5, 0.6) is 0 Å². The van der Waals surface area contributed by atoms with Gasteiger partial charge in [-0.05, 0) is 62.8 Å². The normalized spacial score (nSPS) is 13.5. The van der Waals surface area contributed by atoms with Gasteiger partial charge in [-0.3, -0.25) is 10.1 Å². The van der Waals surface area contributed by atoms with Crippen molar-refractivity contribution >= 4 is 17.4 Å². The number of hydrogen-bond donors (Lipinski definition) is 3. The number of nitrogens with one attached hydrogen (secondary N) is 2. The molecule has 0 spiro atoms. The summed E-state index contributed by atoms with van der Waals surface area (Å²) < 4.78 is 31.2. The summed E-state index contributed by atoms with van der Waals surface area (Å²) in [5, 5.41) is 17.1. The summed E-state index contributed by atoms with van der Waals surface area (Å²) in [6, 6.07) is 13.2. The number of alkyl halides is 2. The van der Waals surface area contributed by atoms with Crippen LogP contribution in [-0.4, -0.2) is 77.7 Å². The Morgan fingerprint density at radius 3 is 2.79 bits per heavy atom. The van der Waals surface area contributed by atoms with Crippen LogP contribution in [0.25, 0.3) is 11.1 Å². The van der Waals surface area contributed by atoms with E-state index >= 15 is 0 Å². The predicted molar refractivity (Wildman–Crippen MR) is 157 cm³/mol. The van der Waals surface area contributed by atoms with E-state index in [1.807, 2.05) is 30.3 Å². The Morgan fingerprint density at radius 2 is 2.00 bits per heavy atom. The molecule has 0 unspecified atom stereocenters. The van der Waals surface area contributed by atoms with Crippen molar-refractivity contribution in [1.82, 2.24) is 14.9 Å². The summed E-state index contributed by atoms with van der Waals surface area (Å²) in [7, 11) is 0. The van der Waals surface area contributed by atoms with Crippen LogP contribution in [-0.2, 0) is 22.4 Å². The van der Waals surface area contributed by atoms with Gasteiger partial charge < -0.3 is 20.2 Å². The first-order valence-electron chi connectivity index (χ1n) is 14.6. The Hall–Kier alpha value is -3.70. The highest BCUT2D eigenvalue weighted by atomic mass is 19.3. The summed E-state index contributed by atoms with van der Waals surface area (Å²) in [5.74, 6) is 1.29. The number of fused-ring (bicyclic) bond motifs is 1. The van der Waals surface area contributed by atoms with Crippen molar-refractivity contribution in [3.05, 3.63) is 66.2 Å². The molecule has 1 atom stereocenters. The second-order valence-electron chi connectivity index (χ2n) is 10.6. The molecule has 1 aliphatic rings. The number of ketones is 1. The number of hydrogen-bond acceptors (Lipinski definition) is 8. The summed E-state index contributed by atoms with van der Waals surface area (Å²) >= 11 is 0. The summed E-state index contributed by atoms with van der Waals surface area (Å²) in [4.78, 5) is 23.7. The second kappa shape index (κ2) is 16.1. The van der Waals surface area contributed by atoms with Crippen LogP contribution in [0.2, 0.25) is 0 Å². The summed E-state index contributed by atoms with van der Waals surface area (Å²) in [5.41, 5.74) is 3.83. The van der Waals surface area contributed by atoms with Crippen LogP contribution < -0.4 is 15.4 Å². The number of nitrogens with zero attached hydrogens (tertiary/aromatic N) is 4. The van der Waals surface area contributed by atoms with Crippen LogP contribution in [0, 0.1) is 0 Å². The van der Waals surface area contributed by atoms with Gasteiger partial charge in [0.2, 0.25) is 0 Å². The lowest BCUT2D eigenvalue weighted by atomic mass is 10.1. The van der Waals surface area contributed by atoms with E-state index in [1.165, 1.54) is 18.8 Å². The third-order valence-electron chi connectivity index (χ3n) is 7.39. The highest BCUT2D eigenvalue weighted by Crippen LogP contribution is 2.25. The van der Waals surface area contributed by atoms with Crippen LogP contribution >= 0.6 is 0 Å². The molecule has 9 nitrogen and oxygen atoms in total. The SMILES string of the molecule is CC(=O)[C@H](CCN(CCCCc1ccc2c(n1)NCCC2)CCOCC(F)F)Nc1c(-c2ccccc2)cnc[n+]1O. The number of Topliss-reactive ketones (excluding diaryl/α,β-unsaturated/α-hetero) is 1. The van der Waals surface area contributed by atoms with Gasteiger partial charge in [0.15, 0.2) is 5.78 Å². The zero-order chi connectivity index (χ0) is 29.7. The first kappa shape index (κ1) is 31.2. The Labute approximate surface area is 245 Å². The molecular formula is C31H41F2N6O3+. The van der Waals surface area contributed by atoms with Crippen molar-refractivity contribution in [3.63, 3.8) is 0 Å². The molecule has 42 heavy (non-hydrogen) atoms. The first-order valence-corrected chi connectivity index (χ1v) is 14.6. The molecule has 4 rings (SSSR count). The molecular weight excluding hydrogens is 542 g/mol. The average molecular weight is 584 g/mol. The van der Waals surface area contributed by atoms with E-state index < -0.39 is 19.1 Å². The molecule has 11 heteroatoms. The number of carbonyl (C=O) groups excluding carboxylic acids is 1. The molecule has 226 valence electrons. The highest BCUT2D eigenvalue weighted by molar-refractivity contribution is 5.85. The molecule has 0 bridgehead atoms. The van der Waals surface area contributed by atoms with Gasteiger partial charge in [-0.2, -0.15) is 0 Å². The zero-order valence-corrected chi connectivity index (χ0v) is 24.1. The molecule has 0 saturated carbocycles. The second-order valence-corrected chi connectivity index (χ2v) is 10.6. The number of anilines is 2. The van der Waals surface area contributed by atoms with E-state index in [4.69, 9.17) is 9.72 Å². The number of carbonyl (C=O) groups is 1. The predicted octanol–water partition coefficient (Wildman–Crippen LogP) is 4.39. The molecule has 1 aromatic carbocycles. The zero-order valence-electron chi connectivity index (χ0n) is 24.1. The number of halogens is 2. The maximum absolute atomic E-state index is 12.7. The van der Waals surface area contributed by atoms with Crippen LogP contribution in [0.15, 0.2) is 55.0 Å². The fourth-order valence-electron chi connectivity index (χ4n) is 5.09. The van der Waals surface area contributed by atoms with Crippen molar-refractivity contribution in [2.24, 2.45) is 0 Å². The third-order valence-corrected chi connectivity index (χ3v) is 7.39. The lowest BCUT2D eigenvalue weighted by Crippen LogP contribution is -2.41. The standard InChI is InChI=1S/C31H40F2N6O3/c1-23(40)28(37-31-27(20-34-22-39(31)41)24-8-3-2-4-9-24)14-17-38(18-19-42-21-29(32)33)16-6-5-11-26-13-12-25-10-7-15-35-30(25)36-26/h2-4,8-9,12-13,20,22,28-29,41H,5-7,10-11,14-19,21H2,1H3,(H,35,36)/p+1/t28-/m0/s1. The molecule has 1 aliphatic heterocycles. The Kier molecular flexibility index (Phi) is 12.0. The molecule has 0 saturated heterocycles. The van der Waals surface area contributed by atoms with Gasteiger partial charge in [-0.25, -0.2) is 13.8 Å². The Bertz CT molecular complexity index is 1280. The minimum Gasteiger partial charge on any atom is -0.374 e. The van der Waals surface area contributed by atoms with Gasteiger partial charge in [0.05, 0.1) is 12.2 Å². The van der Waals surface area contributed by atoms with Crippen molar-refractivity contribution < 1.29 is 28.2 Å². The van der Waals surface area contributed by atoms with Gasteiger partial charge in [-0.15, -0.1) is 4.98 Å². The maximum Gasteiger partial charge on any atom is 0.271 e. The lowest BCUT2D eigenvalue weighted by molar-refractivity contribution is -0.895. The van der Waals surface area contributed by atoms with Crippen molar-refractivity contribution in [2.45, 2.75) is 57.9 Å². The third kappa shape index (κ3) is 9.42. The highest BCUT2D eigenvalue weighted by Gasteiger charge is 2.25. The van der Waals surface area contributed by atoms with Crippen LogP contribution in [0.1, 0.15) is 43.9 Å². The van der Waals surface area contributed by atoms with Gasteiger partial charge in [0.25, 0.3) is 18.6 Å². The van der Waals surface area contributed by atoms with Crippen molar-refractivity contribution in [2.75, 3.05) is 50.0 Å². The number of unbranched alkanes of at least 4 members (excludes halogenated alkanes) is 1. The van der Waals surface area contributed by atoms with Crippen molar-refractivity contribution in [1.29, 1.82) is 0 Å². The number of rotatable bonds is 17. The van der Waals surface area contributed by atoms with E-state index in [9.17, 15) is 18.8 Å². The number of aromatic nitrogens is 3. The molecule has 2 aromatic heterocycles. The number of benzene rings is 1. The molecule has 0 fully saturated rings. The number of aryl methyl sites for hydroxylation is 2.